The molecule has 0 fully saturated rings. The molecule has 6 aromatic carbocycles. The van der Waals surface area contributed by atoms with Crippen molar-refractivity contribution in [3.8, 4) is 55.9 Å². The van der Waals surface area contributed by atoms with Crippen LogP contribution in [0.15, 0.2) is 150 Å². The number of hydrogen-bond donors (Lipinski definition) is 0. The number of aromatic nitrogens is 4. The van der Waals surface area contributed by atoms with E-state index in [4.69, 9.17) is 24.4 Å². The van der Waals surface area contributed by atoms with E-state index in [1.807, 2.05) is 84.9 Å². The van der Waals surface area contributed by atoms with Gasteiger partial charge in [0.2, 0.25) is 0 Å². The Kier molecular flexibility index (Phi) is 6.25. The number of rotatable bonds is 5. The van der Waals surface area contributed by atoms with E-state index in [0.717, 1.165) is 59.4 Å². The Bertz CT molecular complexity index is 2450. The molecular weight excluding hydrogens is 585 g/mol. The van der Waals surface area contributed by atoms with Crippen molar-refractivity contribution in [3.05, 3.63) is 146 Å². The fourth-order valence-electron chi connectivity index (χ4n) is 5.97. The lowest BCUT2D eigenvalue weighted by Gasteiger charge is -2.10. The van der Waals surface area contributed by atoms with Gasteiger partial charge in [-0.15, -0.1) is 11.3 Å². The summed E-state index contributed by atoms with van der Waals surface area (Å²) in [6.45, 7) is 0. The predicted octanol–water partition coefficient (Wildman–Crippen LogP) is 10.7. The van der Waals surface area contributed by atoms with E-state index < -0.39 is 0 Å². The SMILES string of the molecule is c1ccc(-c2ccc(-c3nc4c(-c5nc(-c6ccccc6)nc(-c6ccccc6)n5)c5c(cc4s3)oc3ccccc35)cc2)cc1. The van der Waals surface area contributed by atoms with Crippen LogP contribution in [-0.4, -0.2) is 19.9 Å². The zero-order valence-corrected chi connectivity index (χ0v) is 25.3. The standard InChI is InChI=1S/C40H24N4OS/c1-4-12-25(13-5-1)26-20-22-29(23-21-26)40-41-36-33(46-40)24-32-34(30-18-10-11-19-31(30)45-32)35(36)39-43-37(27-14-6-2-7-15-27)42-38(44-39)28-16-8-3-9-17-28/h1-24H. The fourth-order valence-corrected chi connectivity index (χ4v) is 6.98. The lowest BCUT2D eigenvalue weighted by Crippen LogP contribution is -2.01. The van der Waals surface area contributed by atoms with Crippen LogP contribution < -0.4 is 0 Å². The summed E-state index contributed by atoms with van der Waals surface area (Å²) in [7, 11) is 0. The van der Waals surface area contributed by atoms with Gasteiger partial charge in [0.15, 0.2) is 17.5 Å². The third kappa shape index (κ3) is 4.55. The van der Waals surface area contributed by atoms with Crippen LogP contribution in [0.2, 0.25) is 0 Å². The topological polar surface area (TPSA) is 64.7 Å². The first-order valence-corrected chi connectivity index (χ1v) is 15.9. The lowest BCUT2D eigenvalue weighted by molar-refractivity contribution is 0.669. The van der Waals surface area contributed by atoms with Gasteiger partial charge in [0.1, 0.15) is 16.2 Å². The zero-order chi connectivity index (χ0) is 30.5. The highest BCUT2D eigenvalue weighted by atomic mass is 32.1. The minimum absolute atomic E-state index is 0.561. The second-order valence-corrected chi connectivity index (χ2v) is 12.1. The lowest BCUT2D eigenvalue weighted by atomic mass is 10.0. The van der Waals surface area contributed by atoms with Crippen LogP contribution in [0, 0.1) is 0 Å². The number of furan rings is 1. The molecular formula is C40H24N4OS. The summed E-state index contributed by atoms with van der Waals surface area (Å²) < 4.78 is 7.45. The monoisotopic (exact) mass is 608 g/mol. The van der Waals surface area contributed by atoms with Crippen molar-refractivity contribution >= 4 is 43.5 Å². The summed E-state index contributed by atoms with van der Waals surface area (Å²) in [6, 6.07) is 49.3. The molecule has 0 aliphatic rings. The van der Waals surface area contributed by atoms with Gasteiger partial charge in [0, 0.05) is 33.5 Å². The average Bonchev–Trinajstić information content (AvgIpc) is 3.73. The first-order chi connectivity index (χ1) is 22.8. The molecule has 3 aromatic heterocycles. The van der Waals surface area contributed by atoms with E-state index >= 15 is 0 Å². The van der Waals surface area contributed by atoms with Gasteiger partial charge in [0.05, 0.1) is 15.8 Å². The van der Waals surface area contributed by atoms with Crippen LogP contribution in [0.1, 0.15) is 0 Å². The fraction of sp³-hybridized carbons (Fsp3) is 0. The van der Waals surface area contributed by atoms with Crippen LogP contribution in [-0.2, 0) is 0 Å². The van der Waals surface area contributed by atoms with Gasteiger partial charge in [-0.2, -0.15) is 0 Å². The first kappa shape index (κ1) is 26.4. The van der Waals surface area contributed by atoms with Gasteiger partial charge in [-0.1, -0.05) is 133 Å². The number of nitrogens with zero attached hydrogens (tertiary/aromatic N) is 4. The van der Waals surface area contributed by atoms with Crippen LogP contribution in [0.3, 0.4) is 0 Å². The van der Waals surface area contributed by atoms with E-state index in [-0.39, 0.29) is 0 Å². The number of para-hydroxylation sites is 1. The van der Waals surface area contributed by atoms with Crippen LogP contribution in [0.5, 0.6) is 0 Å². The normalized spacial score (nSPS) is 11.5. The summed E-state index contributed by atoms with van der Waals surface area (Å²) >= 11 is 1.64. The molecule has 6 heteroatoms. The van der Waals surface area contributed by atoms with E-state index in [0.29, 0.717) is 17.5 Å². The van der Waals surface area contributed by atoms with Crippen molar-refractivity contribution < 1.29 is 4.42 Å². The summed E-state index contributed by atoms with van der Waals surface area (Å²) in [6.07, 6.45) is 0. The Labute approximate surface area is 268 Å². The Morgan fingerprint density at radius 3 is 1.61 bits per heavy atom. The summed E-state index contributed by atoms with van der Waals surface area (Å²) in [5.41, 5.74) is 8.53. The molecule has 216 valence electrons. The molecule has 9 rings (SSSR count). The molecule has 0 bridgehead atoms. The minimum atomic E-state index is 0.561. The van der Waals surface area contributed by atoms with E-state index in [9.17, 15) is 0 Å². The number of fused-ring (bicyclic) bond motifs is 4. The third-order valence-electron chi connectivity index (χ3n) is 8.19. The van der Waals surface area contributed by atoms with Gasteiger partial charge >= 0.3 is 0 Å². The highest BCUT2D eigenvalue weighted by molar-refractivity contribution is 7.21. The van der Waals surface area contributed by atoms with Gasteiger partial charge < -0.3 is 4.42 Å². The minimum Gasteiger partial charge on any atom is -0.456 e. The largest absolute Gasteiger partial charge is 0.456 e. The molecule has 0 aliphatic heterocycles. The van der Waals surface area contributed by atoms with E-state index in [1.54, 1.807) is 11.3 Å². The molecule has 0 saturated heterocycles. The Balaban J connectivity index is 1.30. The Morgan fingerprint density at radius 1 is 0.435 bits per heavy atom. The molecule has 46 heavy (non-hydrogen) atoms. The molecule has 0 amide bonds. The summed E-state index contributed by atoms with van der Waals surface area (Å²) in [5, 5.41) is 2.87. The van der Waals surface area contributed by atoms with E-state index in [1.165, 1.54) is 11.1 Å². The number of benzene rings is 6. The quantitative estimate of drug-likeness (QED) is 0.194. The molecule has 5 nitrogen and oxygen atoms in total. The van der Waals surface area contributed by atoms with Gasteiger partial charge in [-0.25, -0.2) is 19.9 Å². The molecule has 3 heterocycles. The van der Waals surface area contributed by atoms with Crippen LogP contribution in [0.25, 0.3) is 88.0 Å². The highest BCUT2D eigenvalue weighted by Gasteiger charge is 2.23. The molecule has 0 aliphatic carbocycles. The van der Waals surface area contributed by atoms with Crippen molar-refractivity contribution in [1.29, 1.82) is 0 Å². The number of hydrogen-bond acceptors (Lipinski definition) is 6. The molecule has 0 spiro atoms. The summed E-state index contributed by atoms with van der Waals surface area (Å²) in [4.78, 5) is 20.4. The molecule has 0 saturated carbocycles. The smallest absolute Gasteiger partial charge is 0.167 e. The number of thiazole rings is 1. The molecule has 0 radical (unpaired) electrons. The average molecular weight is 609 g/mol. The molecule has 0 atom stereocenters. The van der Waals surface area contributed by atoms with Crippen molar-refractivity contribution in [2.24, 2.45) is 0 Å². The summed E-state index contributed by atoms with van der Waals surface area (Å²) in [5.74, 6) is 1.77. The van der Waals surface area contributed by atoms with Crippen molar-refractivity contribution in [2.45, 2.75) is 0 Å². The maximum absolute atomic E-state index is 6.44. The van der Waals surface area contributed by atoms with Gasteiger partial charge in [-0.05, 0) is 17.2 Å². The molecule has 0 N–H and O–H groups in total. The highest BCUT2D eigenvalue weighted by Crippen LogP contribution is 2.44. The zero-order valence-electron chi connectivity index (χ0n) is 24.5. The first-order valence-electron chi connectivity index (χ1n) is 15.1. The van der Waals surface area contributed by atoms with Crippen molar-refractivity contribution in [3.63, 3.8) is 0 Å². The second-order valence-electron chi connectivity index (χ2n) is 11.1. The molecule has 9 aromatic rings. The Morgan fingerprint density at radius 2 is 0.957 bits per heavy atom. The van der Waals surface area contributed by atoms with Crippen molar-refractivity contribution in [1.82, 2.24) is 19.9 Å². The second kappa shape index (κ2) is 10.9. The predicted molar refractivity (Wildman–Crippen MR) is 187 cm³/mol. The molecule has 0 unspecified atom stereocenters. The maximum Gasteiger partial charge on any atom is 0.167 e. The van der Waals surface area contributed by atoms with Gasteiger partial charge in [0.25, 0.3) is 0 Å². The van der Waals surface area contributed by atoms with Crippen LogP contribution >= 0.6 is 11.3 Å². The van der Waals surface area contributed by atoms with E-state index in [2.05, 4.69) is 60.7 Å². The van der Waals surface area contributed by atoms with Gasteiger partial charge in [-0.3, -0.25) is 0 Å². The third-order valence-corrected chi connectivity index (χ3v) is 9.24. The maximum atomic E-state index is 6.44. The van der Waals surface area contributed by atoms with Crippen molar-refractivity contribution in [2.75, 3.05) is 0 Å². The van der Waals surface area contributed by atoms with Crippen LogP contribution in [0.4, 0.5) is 0 Å². The Hall–Kier alpha value is -5.98.